The number of carbonyl (C=O) groups is 2. The van der Waals surface area contributed by atoms with E-state index in [1.165, 1.54) is 6.42 Å². The molecule has 2 fully saturated rings. The lowest BCUT2D eigenvalue weighted by atomic mass is 9.67. The van der Waals surface area contributed by atoms with Crippen molar-refractivity contribution in [3.05, 3.63) is 0 Å². The second kappa shape index (κ2) is 7.64. The Morgan fingerprint density at radius 3 is 2.68 bits per heavy atom. The van der Waals surface area contributed by atoms with Gasteiger partial charge in [0, 0.05) is 25.0 Å². The van der Waals surface area contributed by atoms with Crippen LogP contribution in [0.3, 0.4) is 0 Å². The summed E-state index contributed by atoms with van der Waals surface area (Å²) in [6.07, 6.45) is 4.83. The molecule has 0 spiro atoms. The van der Waals surface area contributed by atoms with Crippen LogP contribution in [0.2, 0.25) is 0 Å². The minimum absolute atomic E-state index is 0. The van der Waals surface area contributed by atoms with E-state index >= 15 is 0 Å². The highest BCUT2D eigenvalue weighted by Crippen LogP contribution is 2.43. The highest BCUT2D eigenvalue weighted by molar-refractivity contribution is 5.85. The number of hydrogen-bond donors (Lipinski definition) is 3. The van der Waals surface area contributed by atoms with Crippen LogP contribution in [0.1, 0.15) is 52.9 Å². The molecule has 1 aliphatic carbocycles. The van der Waals surface area contributed by atoms with E-state index in [9.17, 15) is 9.59 Å². The normalized spacial score (nSPS) is 27.5. The van der Waals surface area contributed by atoms with Gasteiger partial charge in [0.2, 0.25) is 11.8 Å². The molecule has 1 saturated carbocycles. The van der Waals surface area contributed by atoms with E-state index in [1.807, 2.05) is 20.8 Å². The lowest BCUT2D eigenvalue weighted by molar-refractivity contribution is -0.134. The first-order chi connectivity index (χ1) is 9.83. The molecule has 22 heavy (non-hydrogen) atoms. The molecule has 0 aromatic carbocycles. The summed E-state index contributed by atoms with van der Waals surface area (Å²) in [6, 6.07) is 0. The van der Waals surface area contributed by atoms with Crippen molar-refractivity contribution in [1.82, 2.24) is 16.0 Å². The van der Waals surface area contributed by atoms with Crippen LogP contribution in [-0.2, 0) is 9.59 Å². The summed E-state index contributed by atoms with van der Waals surface area (Å²) in [6.45, 7) is 8.04. The summed E-state index contributed by atoms with van der Waals surface area (Å²) in [4.78, 5) is 24.4. The summed E-state index contributed by atoms with van der Waals surface area (Å²) < 4.78 is 0. The van der Waals surface area contributed by atoms with E-state index in [0.29, 0.717) is 18.9 Å². The fourth-order valence-electron chi connectivity index (χ4n) is 3.64. The van der Waals surface area contributed by atoms with Gasteiger partial charge in [-0.15, -0.1) is 12.4 Å². The largest absolute Gasteiger partial charge is 0.355 e. The average Bonchev–Trinajstić information content (AvgIpc) is 2.81. The Hall–Kier alpha value is -0.810. The van der Waals surface area contributed by atoms with Gasteiger partial charge in [-0.05, 0) is 46.1 Å². The summed E-state index contributed by atoms with van der Waals surface area (Å²) in [5.74, 6) is 0.598. The van der Waals surface area contributed by atoms with Crippen molar-refractivity contribution < 1.29 is 9.59 Å². The van der Waals surface area contributed by atoms with Crippen molar-refractivity contribution in [1.29, 1.82) is 0 Å². The van der Waals surface area contributed by atoms with Crippen molar-refractivity contribution in [2.45, 2.75) is 58.4 Å². The summed E-state index contributed by atoms with van der Waals surface area (Å²) >= 11 is 0. The second-order valence-corrected chi connectivity index (χ2v) is 7.53. The van der Waals surface area contributed by atoms with Gasteiger partial charge in [0.25, 0.3) is 0 Å². The van der Waals surface area contributed by atoms with E-state index in [-0.39, 0.29) is 35.2 Å². The molecule has 0 unspecified atom stereocenters. The zero-order valence-corrected chi connectivity index (χ0v) is 14.8. The van der Waals surface area contributed by atoms with Crippen molar-refractivity contribution in [2.75, 3.05) is 19.6 Å². The molecule has 1 heterocycles. The molecule has 1 saturated heterocycles. The van der Waals surface area contributed by atoms with Crippen LogP contribution in [0.4, 0.5) is 0 Å². The third-order valence-corrected chi connectivity index (χ3v) is 4.64. The van der Waals surface area contributed by atoms with E-state index in [4.69, 9.17) is 0 Å². The molecule has 2 amide bonds. The average molecular weight is 332 g/mol. The maximum atomic E-state index is 12.6. The Morgan fingerprint density at radius 1 is 1.27 bits per heavy atom. The van der Waals surface area contributed by atoms with Crippen LogP contribution in [0.15, 0.2) is 0 Å². The monoisotopic (exact) mass is 331 g/mol. The Balaban J connectivity index is 0.00000242. The van der Waals surface area contributed by atoms with Crippen LogP contribution in [0, 0.1) is 11.3 Å². The van der Waals surface area contributed by atoms with Gasteiger partial charge in [-0.1, -0.05) is 12.8 Å². The Kier molecular flexibility index (Phi) is 6.68. The van der Waals surface area contributed by atoms with Gasteiger partial charge in [-0.3, -0.25) is 9.59 Å². The fourth-order valence-corrected chi connectivity index (χ4v) is 3.64. The Morgan fingerprint density at radius 2 is 2.00 bits per heavy atom. The molecule has 0 aromatic heterocycles. The van der Waals surface area contributed by atoms with Crippen molar-refractivity contribution in [2.24, 2.45) is 11.3 Å². The number of carbonyl (C=O) groups excluding carboxylic acids is 2. The first kappa shape index (κ1) is 19.2. The number of amides is 2. The second-order valence-electron chi connectivity index (χ2n) is 7.53. The van der Waals surface area contributed by atoms with Crippen molar-refractivity contribution >= 4 is 24.2 Å². The molecule has 0 radical (unpaired) electrons. The number of fused-ring (bicyclic) bond motifs is 1. The third-order valence-electron chi connectivity index (χ3n) is 4.64. The number of rotatable bonds is 4. The van der Waals surface area contributed by atoms with Crippen LogP contribution < -0.4 is 16.0 Å². The lowest BCUT2D eigenvalue weighted by Gasteiger charge is -2.37. The van der Waals surface area contributed by atoms with Crippen LogP contribution in [0.25, 0.3) is 0 Å². The molecule has 128 valence electrons. The number of halogens is 1. The van der Waals surface area contributed by atoms with Gasteiger partial charge in [-0.2, -0.15) is 0 Å². The van der Waals surface area contributed by atoms with Crippen molar-refractivity contribution in [3.8, 4) is 0 Å². The highest BCUT2D eigenvalue weighted by Gasteiger charge is 2.49. The van der Waals surface area contributed by atoms with Crippen LogP contribution >= 0.6 is 12.4 Å². The molecule has 2 rings (SSSR count). The zero-order chi connectivity index (χ0) is 15.5. The Labute approximate surface area is 139 Å². The van der Waals surface area contributed by atoms with E-state index in [1.54, 1.807) is 0 Å². The maximum absolute atomic E-state index is 12.6. The highest BCUT2D eigenvalue weighted by atomic mass is 35.5. The van der Waals surface area contributed by atoms with Crippen LogP contribution in [0.5, 0.6) is 0 Å². The molecule has 5 nitrogen and oxygen atoms in total. The molecule has 2 atom stereocenters. The molecule has 0 aromatic rings. The number of hydrogen-bond acceptors (Lipinski definition) is 3. The fraction of sp³-hybridized carbons (Fsp3) is 0.875. The molecule has 0 bridgehead atoms. The van der Waals surface area contributed by atoms with E-state index in [2.05, 4.69) is 16.0 Å². The molecular weight excluding hydrogens is 302 g/mol. The van der Waals surface area contributed by atoms with Gasteiger partial charge < -0.3 is 16.0 Å². The summed E-state index contributed by atoms with van der Waals surface area (Å²) in [5.41, 5.74) is -0.442. The SMILES string of the molecule is CC(C)(C)NC(=O)CCNC(=O)[C@@]12CCCC[C@H]1CNC2.Cl. The molecule has 6 heteroatoms. The van der Waals surface area contributed by atoms with Crippen molar-refractivity contribution in [3.63, 3.8) is 0 Å². The standard InChI is InChI=1S/C16H29N3O2.ClH/c1-15(2,3)19-13(20)7-9-18-14(21)16-8-5-4-6-12(16)10-17-11-16;/h12,17H,4-11H2,1-3H3,(H,18,21)(H,19,20);1H/t12-,16+;/m0./s1. The predicted molar refractivity (Wildman–Crippen MR) is 90.0 cm³/mol. The first-order valence-electron chi connectivity index (χ1n) is 8.13. The first-order valence-corrected chi connectivity index (χ1v) is 8.13. The molecular formula is C16H30ClN3O2. The lowest BCUT2D eigenvalue weighted by Crippen LogP contribution is -2.49. The van der Waals surface area contributed by atoms with Gasteiger partial charge >= 0.3 is 0 Å². The minimum atomic E-state index is -0.223. The Bertz CT molecular complexity index is 409. The van der Waals surface area contributed by atoms with E-state index < -0.39 is 0 Å². The topological polar surface area (TPSA) is 70.2 Å². The molecule has 3 N–H and O–H groups in total. The zero-order valence-electron chi connectivity index (χ0n) is 14.0. The predicted octanol–water partition coefficient (Wildman–Crippen LogP) is 1.61. The summed E-state index contributed by atoms with van der Waals surface area (Å²) in [5, 5.41) is 9.28. The van der Waals surface area contributed by atoms with Gasteiger partial charge in [0.1, 0.15) is 0 Å². The smallest absolute Gasteiger partial charge is 0.227 e. The van der Waals surface area contributed by atoms with Gasteiger partial charge in [0.15, 0.2) is 0 Å². The van der Waals surface area contributed by atoms with E-state index in [0.717, 1.165) is 32.4 Å². The minimum Gasteiger partial charge on any atom is -0.355 e. The quantitative estimate of drug-likeness (QED) is 0.733. The summed E-state index contributed by atoms with van der Waals surface area (Å²) in [7, 11) is 0. The number of nitrogens with one attached hydrogen (secondary N) is 3. The van der Waals surface area contributed by atoms with Gasteiger partial charge in [0.05, 0.1) is 5.41 Å². The van der Waals surface area contributed by atoms with Crippen LogP contribution in [-0.4, -0.2) is 37.0 Å². The van der Waals surface area contributed by atoms with Gasteiger partial charge in [-0.25, -0.2) is 0 Å². The molecule has 1 aliphatic heterocycles. The maximum Gasteiger partial charge on any atom is 0.227 e. The third kappa shape index (κ3) is 4.59. The molecule has 2 aliphatic rings.